The lowest BCUT2D eigenvalue weighted by Gasteiger charge is -2.14. The molecule has 94 valence electrons. The van der Waals surface area contributed by atoms with Crippen LogP contribution in [0.1, 0.15) is 22.3 Å². The van der Waals surface area contributed by atoms with Crippen LogP contribution in [0, 0.1) is 20.8 Å². The number of nitrogens with one attached hydrogen (secondary N) is 1. The summed E-state index contributed by atoms with van der Waals surface area (Å²) in [6, 6.07) is 12.8. The second kappa shape index (κ2) is 5.57. The van der Waals surface area contributed by atoms with Gasteiger partial charge in [-0.1, -0.05) is 40.2 Å². The van der Waals surface area contributed by atoms with E-state index in [9.17, 15) is 0 Å². The number of rotatable bonds is 3. The maximum absolute atomic E-state index is 3.52. The first-order chi connectivity index (χ1) is 8.58. The smallest absolute Gasteiger partial charge is 0.0406 e. The first-order valence-corrected chi connectivity index (χ1v) is 6.92. The molecule has 0 bridgehead atoms. The fraction of sp³-hybridized carbons (Fsp3) is 0.250. The van der Waals surface area contributed by atoms with E-state index in [1.165, 1.54) is 27.9 Å². The van der Waals surface area contributed by atoms with Gasteiger partial charge in [-0.2, -0.15) is 0 Å². The first-order valence-electron chi connectivity index (χ1n) is 6.13. The van der Waals surface area contributed by atoms with E-state index in [-0.39, 0.29) is 0 Å². The van der Waals surface area contributed by atoms with E-state index in [1.807, 2.05) is 0 Å². The van der Waals surface area contributed by atoms with Crippen LogP contribution in [0.2, 0.25) is 0 Å². The van der Waals surface area contributed by atoms with Gasteiger partial charge in [0.1, 0.15) is 0 Å². The molecule has 0 atom stereocenters. The number of hydrogen-bond donors (Lipinski definition) is 1. The molecule has 18 heavy (non-hydrogen) atoms. The van der Waals surface area contributed by atoms with Gasteiger partial charge in [0.25, 0.3) is 0 Å². The Morgan fingerprint density at radius 2 is 1.61 bits per heavy atom. The minimum absolute atomic E-state index is 0.871. The van der Waals surface area contributed by atoms with Crippen molar-refractivity contribution in [2.24, 2.45) is 0 Å². The van der Waals surface area contributed by atoms with Gasteiger partial charge in [-0.05, 0) is 55.2 Å². The molecule has 0 fully saturated rings. The number of benzene rings is 2. The molecule has 0 saturated carbocycles. The Bertz CT molecular complexity index is 541. The third kappa shape index (κ3) is 2.94. The summed E-state index contributed by atoms with van der Waals surface area (Å²) in [6.07, 6.45) is 0. The van der Waals surface area contributed by atoms with Crippen LogP contribution in [0.5, 0.6) is 0 Å². The van der Waals surface area contributed by atoms with Crippen molar-refractivity contribution in [3.63, 3.8) is 0 Å². The highest BCUT2D eigenvalue weighted by molar-refractivity contribution is 9.10. The van der Waals surface area contributed by atoms with Crippen molar-refractivity contribution in [3.8, 4) is 0 Å². The normalized spacial score (nSPS) is 10.4. The predicted molar refractivity (Wildman–Crippen MR) is 82.1 cm³/mol. The van der Waals surface area contributed by atoms with Crippen LogP contribution >= 0.6 is 15.9 Å². The predicted octanol–water partition coefficient (Wildman–Crippen LogP) is 4.99. The molecule has 2 heteroatoms. The summed E-state index contributed by atoms with van der Waals surface area (Å²) in [5.41, 5.74) is 6.53. The van der Waals surface area contributed by atoms with Crippen molar-refractivity contribution in [3.05, 3.63) is 63.1 Å². The second-order valence-corrected chi connectivity index (χ2v) is 5.60. The van der Waals surface area contributed by atoms with E-state index in [0.29, 0.717) is 0 Å². The summed E-state index contributed by atoms with van der Waals surface area (Å²) in [5, 5.41) is 3.52. The minimum atomic E-state index is 0.871. The van der Waals surface area contributed by atoms with Gasteiger partial charge >= 0.3 is 0 Å². The molecular weight excluding hydrogens is 286 g/mol. The number of anilines is 1. The Morgan fingerprint density at radius 3 is 2.28 bits per heavy atom. The topological polar surface area (TPSA) is 12.0 Å². The number of aryl methyl sites for hydroxylation is 3. The minimum Gasteiger partial charge on any atom is -0.381 e. The molecule has 0 radical (unpaired) electrons. The molecule has 2 aromatic carbocycles. The van der Waals surface area contributed by atoms with E-state index in [1.54, 1.807) is 0 Å². The largest absolute Gasteiger partial charge is 0.381 e. The summed E-state index contributed by atoms with van der Waals surface area (Å²) in [7, 11) is 0. The number of hydrogen-bond acceptors (Lipinski definition) is 1. The molecule has 0 aliphatic heterocycles. The maximum Gasteiger partial charge on any atom is 0.0406 e. The molecular formula is C16H18BrN. The first kappa shape index (κ1) is 13.2. The molecule has 2 rings (SSSR count). The maximum atomic E-state index is 3.52. The van der Waals surface area contributed by atoms with Gasteiger partial charge in [-0.25, -0.2) is 0 Å². The molecule has 2 aromatic rings. The van der Waals surface area contributed by atoms with Gasteiger partial charge in [0.15, 0.2) is 0 Å². The summed E-state index contributed by atoms with van der Waals surface area (Å²) < 4.78 is 1.11. The Kier molecular flexibility index (Phi) is 4.07. The fourth-order valence-corrected chi connectivity index (χ4v) is 2.46. The monoisotopic (exact) mass is 303 g/mol. The zero-order valence-electron chi connectivity index (χ0n) is 11.0. The van der Waals surface area contributed by atoms with Gasteiger partial charge in [-0.3, -0.25) is 0 Å². The zero-order chi connectivity index (χ0) is 13.1. The Morgan fingerprint density at radius 1 is 0.944 bits per heavy atom. The van der Waals surface area contributed by atoms with Crippen molar-refractivity contribution in [1.29, 1.82) is 0 Å². The third-order valence-electron chi connectivity index (χ3n) is 3.30. The lowest BCUT2D eigenvalue weighted by atomic mass is 10.0. The van der Waals surface area contributed by atoms with E-state index in [0.717, 1.165) is 11.0 Å². The molecule has 0 heterocycles. The molecule has 0 amide bonds. The lowest BCUT2D eigenvalue weighted by Crippen LogP contribution is -2.04. The van der Waals surface area contributed by atoms with Crippen molar-refractivity contribution in [1.82, 2.24) is 0 Å². The van der Waals surface area contributed by atoms with Gasteiger partial charge in [-0.15, -0.1) is 0 Å². The summed E-state index contributed by atoms with van der Waals surface area (Å²) in [5.74, 6) is 0. The van der Waals surface area contributed by atoms with Crippen LogP contribution in [0.4, 0.5) is 5.69 Å². The lowest BCUT2D eigenvalue weighted by molar-refractivity contribution is 1.08. The van der Waals surface area contributed by atoms with Crippen molar-refractivity contribution in [2.75, 3.05) is 5.32 Å². The van der Waals surface area contributed by atoms with Crippen molar-refractivity contribution < 1.29 is 0 Å². The Labute approximate surface area is 117 Å². The highest BCUT2D eigenvalue weighted by atomic mass is 79.9. The molecule has 0 spiro atoms. The van der Waals surface area contributed by atoms with Crippen LogP contribution in [-0.4, -0.2) is 0 Å². The van der Waals surface area contributed by atoms with E-state index in [4.69, 9.17) is 0 Å². The van der Waals surface area contributed by atoms with Gasteiger partial charge in [0, 0.05) is 16.7 Å². The summed E-state index contributed by atoms with van der Waals surface area (Å²) in [4.78, 5) is 0. The van der Waals surface area contributed by atoms with Crippen LogP contribution < -0.4 is 5.32 Å². The number of halogens is 1. The third-order valence-corrected chi connectivity index (χ3v) is 3.79. The molecule has 1 N–H and O–H groups in total. The van der Waals surface area contributed by atoms with Crippen LogP contribution in [0.15, 0.2) is 40.9 Å². The fourth-order valence-electron chi connectivity index (χ4n) is 2.10. The van der Waals surface area contributed by atoms with Crippen molar-refractivity contribution >= 4 is 21.6 Å². The van der Waals surface area contributed by atoms with Gasteiger partial charge < -0.3 is 5.32 Å². The molecule has 0 aliphatic rings. The summed E-state index contributed by atoms with van der Waals surface area (Å²) >= 11 is 3.51. The second-order valence-electron chi connectivity index (χ2n) is 4.68. The summed E-state index contributed by atoms with van der Waals surface area (Å²) in [6.45, 7) is 7.32. The SMILES string of the molecule is Cc1ccc(Br)cc1NCc1c(C)cccc1C. The zero-order valence-corrected chi connectivity index (χ0v) is 12.6. The van der Waals surface area contributed by atoms with E-state index < -0.39 is 0 Å². The van der Waals surface area contributed by atoms with Gasteiger partial charge in [0.2, 0.25) is 0 Å². The molecule has 0 unspecified atom stereocenters. The Hall–Kier alpha value is -1.28. The van der Waals surface area contributed by atoms with E-state index >= 15 is 0 Å². The quantitative estimate of drug-likeness (QED) is 0.842. The van der Waals surface area contributed by atoms with Crippen molar-refractivity contribution in [2.45, 2.75) is 27.3 Å². The average molecular weight is 304 g/mol. The molecule has 0 aromatic heterocycles. The van der Waals surface area contributed by atoms with Gasteiger partial charge in [0.05, 0.1) is 0 Å². The van der Waals surface area contributed by atoms with Crippen LogP contribution in [-0.2, 0) is 6.54 Å². The highest BCUT2D eigenvalue weighted by Gasteiger charge is 2.03. The van der Waals surface area contributed by atoms with Crippen LogP contribution in [0.3, 0.4) is 0 Å². The Balaban J connectivity index is 2.19. The molecule has 0 aliphatic carbocycles. The molecule has 0 saturated heterocycles. The van der Waals surface area contributed by atoms with E-state index in [2.05, 4.69) is 78.4 Å². The highest BCUT2D eigenvalue weighted by Crippen LogP contribution is 2.22. The van der Waals surface area contributed by atoms with Crippen LogP contribution in [0.25, 0.3) is 0 Å². The molecule has 1 nitrogen and oxygen atoms in total. The standard InChI is InChI=1S/C16H18BrN/c1-11-5-4-6-12(2)15(11)10-18-16-9-14(17)8-7-13(16)3/h4-9,18H,10H2,1-3H3. The average Bonchev–Trinajstić information content (AvgIpc) is 2.33.